The molecule has 1 heterocycles. The number of methoxy groups -OCH3 is 1. The Kier molecular flexibility index (Phi) is 4.66. The van der Waals surface area contributed by atoms with Crippen molar-refractivity contribution in [1.29, 1.82) is 0 Å². The fourth-order valence-corrected chi connectivity index (χ4v) is 2.77. The van der Waals surface area contributed by atoms with Gasteiger partial charge in [0.2, 0.25) is 0 Å². The van der Waals surface area contributed by atoms with Crippen molar-refractivity contribution >= 4 is 5.69 Å². The molecule has 19 heavy (non-hydrogen) atoms. The zero-order valence-electron chi connectivity index (χ0n) is 12.2. The van der Waals surface area contributed by atoms with Crippen LogP contribution in [-0.2, 0) is 6.54 Å². The van der Waals surface area contributed by atoms with Gasteiger partial charge in [0.1, 0.15) is 5.75 Å². The molecule has 106 valence electrons. The summed E-state index contributed by atoms with van der Waals surface area (Å²) in [5, 5.41) is 0. The number of benzene rings is 1. The smallest absolute Gasteiger partial charge is 0.141 e. The Balaban J connectivity index is 2.05. The highest BCUT2D eigenvalue weighted by atomic mass is 16.5. The molecule has 1 unspecified atom stereocenters. The second-order valence-corrected chi connectivity index (χ2v) is 5.51. The van der Waals surface area contributed by atoms with Crippen LogP contribution >= 0.6 is 0 Å². The molecule has 0 aromatic heterocycles. The molecule has 1 fully saturated rings. The maximum absolute atomic E-state index is 5.97. The highest BCUT2D eigenvalue weighted by molar-refractivity contribution is 5.54. The van der Waals surface area contributed by atoms with Gasteiger partial charge in [-0.25, -0.2) is 0 Å². The van der Waals surface area contributed by atoms with Crippen molar-refractivity contribution < 1.29 is 4.74 Å². The summed E-state index contributed by atoms with van der Waals surface area (Å²) >= 11 is 0. The molecule has 1 saturated heterocycles. The molecule has 0 aliphatic carbocycles. The summed E-state index contributed by atoms with van der Waals surface area (Å²) in [4.78, 5) is 4.94. The first kappa shape index (κ1) is 14.2. The minimum Gasteiger partial charge on any atom is -0.495 e. The fraction of sp³-hybridized carbons (Fsp3) is 0.600. The van der Waals surface area contributed by atoms with Crippen LogP contribution in [0.25, 0.3) is 0 Å². The lowest BCUT2D eigenvalue weighted by atomic mass is 10.1. The van der Waals surface area contributed by atoms with Crippen molar-refractivity contribution in [3.05, 3.63) is 23.8 Å². The normalized spacial score (nSPS) is 22.2. The van der Waals surface area contributed by atoms with E-state index in [1.54, 1.807) is 7.11 Å². The fourth-order valence-electron chi connectivity index (χ4n) is 2.77. The average Bonchev–Trinajstić information content (AvgIpc) is 2.52. The van der Waals surface area contributed by atoms with Gasteiger partial charge in [0.05, 0.1) is 12.8 Å². The van der Waals surface area contributed by atoms with Crippen LogP contribution in [-0.4, -0.2) is 49.6 Å². The second kappa shape index (κ2) is 6.26. The third kappa shape index (κ3) is 3.61. The van der Waals surface area contributed by atoms with Crippen LogP contribution in [0.15, 0.2) is 18.2 Å². The van der Waals surface area contributed by atoms with Gasteiger partial charge in [0.15, 0.2) is 0 Å². The van der Waals surface area contributed by atoms with Crippen LogP contribution in [0.4, 0.5) is 5.69 Å². The van der Waals surface area contributed by atoms with Crippen LogP contribution < -0.4 is 10.5 Å². The Bertz CT molecular complexity index is 422. The molecule has 0 spiro atoms. The van der Waals surface area contributed by atoms with E-state index in [4.69, 9.17) is 10.5 Å². The lowest BCUT2D eigenvalue weighted by Gasteiger charge is -2.28. The Hall–Kier alpha value is -1.26. The monoisotopic (exact) mass is 263 g/mol. The van der Waals surface area contributed by atoms with Crippen molar-refractivity contribution in [3.63, 3.8) is 0 Å². The number of anilines is 1. The Morgan fingerprint density at radius 1 is 1.37 bits per heavy atom. The first-order valence-corrected chi connectivity index (χ1v) is 6.95. The van der Waals surface area contributed by atoms with Gasteiger partial charge in [0, 0.05) is 25.7 Å². The van der Waals surface area contributed by atoms with E-state index in [-0.39, 0.29) is 0 Å². The van der Waals surface area contributed by atoms with Crippen molar-refractivity contribution in [2.75, 3.05) is 39.5 Å². The van der Waals surface area contributed by atoms with E-state index in [0.29, 0.717) is 6.04 Å². The molecule has 1 aromatic rings. The molecule has 4 nitrogen and oxygen atoms in total. The number of nitrogens with two attached hydrogens (primary N) is 1. The molecule has 1 atom stereocenters. The quantitative estimate of drug-likeness (QED) is 0.844. The number of nitrogens with zero attached hydrogens (tertiary/aromatic N) is 2. The average molecular weight is 263 g/mol. The first-order chi connectivity index (χ1) is 9.10. The summed E-state index contributed by atoms with van der Waals surface area (Å²) in [5.74, 6) is 0.757. The molecule has 1 aromatic carbocycles. The number of rotatable bonds is 3. The van der Waals surface area contributed by atoms with E-state index in [0.717, 1.165) is 31.1 Å². The van der Waals surface area contributed by atoms with Gasteiger partial charge in [-0.1, -0.05) is 6.07 Å². The molecule has 0 saturated carbocycles. The Morgan fingerprint density at radius 2 is 2.16 bits per heavy atom. The summed E-state index contributed by atoms with van der Waals surface area (Å²) in [7, 11) is 3.85. The summed E-state index contributed by atoms with van der Waals surface area (Å²) in [5.41, 5.74) is 7.95. The SMILES string of the molecule is COc1ccc(CN2CCCN(C)CC2C)cc1N. The summed E-state index contributed by atoms with van der Waals surface area (Å²) < 4.78 is 5.20. The maximum atomic E-state index is 5.97. The number of likely N-dealkylation sites (N-methyl/N-ethyl adjacent to an activating group) is 1. The summed E-state index contributed by atoms with van der Waals surface area (Å²) in [6.45, 7) is 6.73. The first-order valence-electron chi connectivity index (χ1n) is 6.95. The van der Waals surface area contributed by atoms with Gasteiger partial charge < -0.3 is 15.4 Å². The van der Waals surface area contributed by atoms with Gasteiger partial charge in [-0.2, -0.15) is 0 Å². The van der Waals surface area contributed by atoms with E-state index in [2.05, 4.69) is 29.8 Å². The molecular formula is C15H25N3O. The van der Waals surface area contributed by atoms with E-state index in [1.165, 1.54) is 18.5 Å². The van der Waals surface area contributed by atoms with Crippen molar-refractivity contribution in [2.45, 2.75) is 25.9 Å². The number of ether oxygens (including phenoxy) is 1. The molecule has 1 aliphatic heterocycles. The number of hydrogen-bond acceptors (Lipinski definition) is 4. The van der Waals surface area contributed by atoms with Gasteiger partial charge >= 0.3 is 0 Å². The van der Waals surface area contributed by atoms with Gasteiger partial charge in [-0.3, -0.25) is 4.90 Å². The van der Waals surface area contributed by atoms with Crippen molar-refractivity contribution in [3.8, 4) is 5.75 Å². The van der Waals surface area contributed by atoms with Crippen LogP contribution in [0.5, 0.6) is 5.75 Å². The van der Waals surface area contributed by atoms with Crippen molar-refractivity contribution in [2.24, 2.45) is 0 Å². The maximum Gasteiger partial charge on any atom is 0.141 e. The predicted octanol–water partition coefficient (Wildman–Crippen LogP) is 1.80. The zero-order valence-corrected chi connectivity index (χ0v) is 12.2. The van der Waals surface area contributed by atoms with Crippen molar-refractivity contribution in [1.82, 2.24) is 9.80 Å². The topological polar surface area (TPSA) is 41.7 Å². The lowest BCUT2D eigenvalue weighted by Crippen LogP contribution is -2.37. The molecule has 0 radical (unpaired) electrons. The predicted molar refractivity (Wildman–Crippen MR) is 79.4 cm³/mol. The standard InChI is InChI=1S/C15H25N3O/c1-12-10-17(2)7-4-8-18(12)11-13-5-6-15(19-3)14(16)9-13/h5-6,9,12H,4,7-8,10-11,16H2,1-3H3. The lowest BCUT2D eigenvalue weighted by molar-refractivity contribution is 0.194. The molecule has 0 amide bonds. The van der Waals surface area contributed by atoms with Crippen LogP contribution in [0.2, 0.25) is 0 Å². The summed E-state index contributed by atoms with van der Waals surface area (Å²) in [6.07, 6.45) is 1.23. The summed E-state index contributed by atoms with van der Waals surface area (Å²) in [6, 6.07) is 6.67. The van der Waals surface area contributed by atoms with Gasteiger partial charge in [0.25, 0.3) is 0 Å². The van der Waals surface area contributed by atoms with E-state index >= 15 is 0 Å². The number of hydrogen-bond donors (Lipinski definition) is 1. The molecule has 2 rings (SSSR count). The Morgan fingerprint density at radius 3 is 2.84 bits per heavy atom. The highest BCUT2D eigenvalue weighted by Crippen LogP contribution is 2.23. The van der Waals surface area contributed by atoms with Gasteiger partial charge in [-0.15, -0.1) is 0 Å². The number of nitrogen functional groups attached to an aromatic ring is 1. The van der Waals surface area contributed by atoms with E-state index in [9.17, 15) is 0 Å². The molecule has 4 heteroatoms. The minimum absolute atomic E-state index is 0.579. The van der Waals surface area contributed by atoms with Gasteiger partial charge in [-0.05, 0) is 44.6 Å². The zero-order chi connectivity index (χ0) is 13.8. The van der Waals surface area contributed by atoms with E-state index in [1.807, 2.05) is 12.1 Å². The minimum atomic E-state index is 0.579. The molecular weight excluding hydrogens is 238 g/mol. The largest absolute Gasteiger partial charge is 0.495 e. The second-order valence-electron chi connectivity index (χ2n) is 5.51. The van der Waals surface area contributed by atoms with Crippen LogP contribution in [0.3, 0.4) is 0 Å². The Labute approximate surface area is 116 Å². The molecule has 0 bridgehead atoms. The molecule has 1 aliphatic rings. The van der Waals surface area contributed by atoms with E-state index < -0.39 is 0 Å². The highest BCUT2D eigenvalue weighted by Gasteiger charge is 2.19. The van der Waals surface area contributed by atoms with Crippen LogP contribution in [0.1, 0.15) is 18.9 Å². The third-order valence-corrected chi connectivity index (χ3v) is 3.86. The van der Waals surface area contributed by atoms with Crippen LogP contribution in [0, 0.1) is 0 Å². The third-order valence-electron chi connectivity index (χ3n) is 3.86. The molecule has 2 N–H and O–H groups in total.